The molecule has 3 aromatic rings. The van der Waals surface area contributed by atoms with Crippen molar-refractivity contribution in [2.24, 2.45) is 0 Å². The Labute approximate surface area is 178 Å². The van der Waals surface area contributed by atoms with E-state index in [1.807, 2.05) is 95.9 Å². The van der Waals surface area contributed by atoms with Crippen molar-refractivity contribution in [2.45, 2.75) is 38.6 Å². The first kappa shape index (κ1) is 21.8. The van der Waals surface area contributed by atoms with Crippen molar-refractivity contribution in [1.29, 1.82) is 0 Å². The second-order valence-corrected chi connectivity index (χ2v) is 7.33. The molecular formula is C26H29NO3. The molecule has 2 atom stereocenters. The van der Waals surface area contributed by atoms with Gasteiger partial charge in [0.05, 0.1) is 12.7 Å². The molecule has 0 aromatic heterocycles. The van der Waals surface area contributed by atoms with Crippen LogP contribution in [0.25, 0.3) is 0 Å². The van der Waals surface area contributed by atoms with Crippen molar-refractivity contribution >= 4 is 5.97 Å². The van der Waals surface area contributed by atoms with Gasteiger partial charge in [-0.1, -0.05) is 91.0 Å². The molecule has 0 heterocycles. The van der Waals surface area contributed by atoms with Crippen LogP contribution in [0.3, 0.4) is 0 Å². The van der Waals surface area contributed by atoms with Gasteiger partial charge in [-0.2, -0.15) is 0 Å². The molecule has 0 radical (unpaired) electrons. The van der Waals surface area contributed by atoms with Gasteiger partial charge in [0.1, 0.15) is 6.04 Å². The summed E-state index contributed by atoms with van der Waals surface area (Å²) in [5, 5.41) is 11.1. The van der Waals surface area contributed by atoms with E-state index in [2.05, 4.69) is 0 Å². The topological polar surface area (TPSA) is 49.8 Å². The standard InChI is InChI=1S/C26H29NO3/c1-2-30-26(29)25(24(28)18-21-12-6-3-7-13-21)27(19-22-14-8-4-9-15-22)20-23-16-10-5-11-17-23/h3-17,24-25,28H,2,18-20H2,1H3/t24-,25+/m0/s1. The van der Waals surface area contributed by atoms with E-state index < -0.39 is 18.1 Å². The number of hydrogen-bond acceptors (Lipinski definition) is 4. The van der Waals surface area contributed by atoms with E-state index in [1.54, 1.807) is 6.92 Å². The molecule has 0 fully saturated rings. The predicted octanol–water partition coefficient (Wildman–Crippen LogP) is 4.22. The maximum absolute atomic E-state index is 13.0. The molecular weight excluding hydrogens is 374 g/mol. The third kappa shape index (κ3) is 6.28. The minimum atomic E-state index is -0.890. The highest BCUT2D eigenvalue weighted by Gasteiger charge is 2.34. The Hall–Kier alpha value is -2.95. The van der Waals surface area contributed by atoms with Crippen molar-refractivity contribution in [3.05, 3.63) is 108 Å². The highest BCUT2D eigenvalue weighted by Crippen LogP contribution is 2.19. The van der Waals surface area contributed by atoms with Crippen LogP contribution in [0.2, 0.25) is 0 Å². The molecule has 0 aliphatic rings. The largest absolute Gasteiger partial charge is 0.465 e. The Morgan fingerprint density at radius 3 is 1.67 bits per heavy atom. The van der Waals surface area contributed by atoms with Gasteiger partial charge in [-0.15, -0.1) is 0 Å². The van der Waals surface area contributed by atoms with Crippen LogP contribution < -0.4 is 0 Å². The van der Waals surface area contributed by atoms with Crippen molar-refractivity contribution in [3.8, 4) is 0 Å². The predicted molar refractivity (Wildman–Crippen MR) is 119 cm³/mol. The second kappa shape index (κ2) is 11.3. The van der Waals surface area contributed by atoms with E-state index in [0.29, 0.717) is 19.5 Å². The first-order valence-corrected chi connectivity index (χ1v) is 10.4. The lowest BCUT2D eigenvalue weighted by atomic mass is 9.99. The zero-order chi connectivity index (χ0) is 21.2. The number of aliphatic hydroxyl groups is 1. The SMILES string of the molecule is CCOC(=O)[C@@H]([C@@H](O)Cc1ccccc1)N(Cc1ccccc1)Cc1ccccc1. The lowest BCUT2D eigenvalue weighted by Gasteiger charge is -2.33. The summed E-state index contributed by atoms with van der Waals surface area (Å²) in [6, 6.07) is 29.0. The van der Waals surface area contributed by atoms with E-state index in [1.165, 1.54) is 0 Å². The molecule has 0 saturated heterocycles. The van der Waals surface area contributed by atoms with Gasteiger partial charge in [0.2, 0.25) is 0 Å². The van der Waals surface area contributed by atoms with Crippen molar-refractivity contribution in [2.75, 3.05) is 6.61 Å². The Morgan fingerprint density at radius 2 is 1.23 bits per heavy atom. The highest BCUT2D eigenvalue weighted by atomic mass is 16.5. The number of carbonyl (C=O) groups excluding carboxylic acids is 1. The third-order valence-electron chi connectivity index (χ3n) is 5.03. The summed E-state index contributed by atoms with van der Waals surface area (Å²) in [5.74, 6) is -0.396. The van der Waals surface area contributed by atoms with Crippen LogP contribution >= 0.6 is 0 Å². The van der Waals surface area contributed by atoms with E-state index in [4.69, 9.17) is 4.74 Å². The summed E-state index contributed by atoms with van der Waals surface area (Å²) in [4.78, 5) is 15.0. The average molecular weight is 404 g/mol. The van der Waals surface area contributed by atoms with Gasteiger partial charge >= 0.3 is 5.97 Å². The summed E-state index contributed by atoms with van der Waals surface area (Å²) in [5.41, 5.74) is 3.14. The molecule has 4 heteroatoms. The number of rotatable bonds is 10. The van der Waals surface area contributed by atoms with Gasteiger partial charge in [0.15, 0.2) is 0 Å². The van der Waals surface area contributed by atoms with E-state index in [9.17, 15) is 9.90 Å². The van der Waals surface area contributed by atoms with E-state index in [-0.39, 0.29) is 6.61 Å². The molecule has 0 spiro atoms. The minimum Gasteiger partial charge on any atom is -0.465 e. The lowest BCUT2D eigenvalue weighted by molar-refractivity contribution is -0.155. The second-order valence-electron chi connectivity index (χ2n) is 7.33. The number of benzene rings is 3. The van der Waals surface area contributed by atoms with Crippen LogP contribution in [0.1, 0.15) is 23.6 Å². The quantitative estimate of drug-likeness (QED) is 0.515. The number of aliphatic hydroxyl groups excluding tert-OH is 1. The molecule has 4 nitrogen and oxygen atoms in total. The first-order chi connectivity index (χ1) is 14.7. The monoisotopic (exact) mass is 403 g/mol. The third-order valence-corrected chi connectivity index (χ3v) is 5.03. The Bertz CT molecular complexity index is 842. The van der Waals surface area contributed by atoms with Crippen LogP contribution in [0.15, 0.2) is 91.0 Å². The summed E-state index contributed by atoms with van der Waals surface area (Å²) in [6.45, 7) is 3.13. The Kier molecular flexibility index (Phi) is 8.19. The summed E-state index contributed by atoms with van der Waals surface area (Å²) in [7, 11) is 0. The molecule has 0 bridgehead atoms. The van der Waals surface area contributed by atoms with Crippen LogP contribution in [0.5, 0.6) is 0 Å². The highest BCUT2D eigenvalue weighted by molar-refractivity contribution is 5.76. The van der Waals surface area contributed by atoms with Gasteiger partial charge in [0, 0.05) is 19.5 Å². The van der Waals surface area contributed by atoms with Gasteiger partial charge in [-0.05, 0) is 23.6 Å². The van der Waals surface area contributed by atoms with E-state index in [0.717, 1.165) is 16.7 Å². The first-order valence-electron chi connectivity index (χ1n) is 10.4. The van der Waals surface area contributed by atoms with Crippen LogP contribution in [-0.4, -0.2) is 34.7 Å². The smallest absolute Gasteiger partial charge is 0.326 e. The van der Waals surface area contributed by atoms with Crippen molar-refractivity contribution in [3.63, 3.8) is 0 Å². The zero-order valence-electron chi connectivity index (χ0n) is 17.4. The van der Waals surface area contributed by atoms with Gasteiger partial charge in [-0.3, -0.25) is 9.69 Å². The fourth-order valence-electron chi connectivity index (χ4n) is 3.63. The molecule has 30 heavy (non-hydrogen) atoms. The fourth-order valence-corrected chi connectivity index (χ4v) is 3.63. The molecule has 156 valence electrons. The summed E-state index contributed by atoms with van der Waals surface area (Å²) < 4.78 is 5.38. The summed E-state index contributed by atoms with van der Waals surface area (Å²) in [6.07, 6.45) is -0.511. The van der Waals surface area contributed by atoms with Crippen molar-refractivity contribution in [1.82, 2.24) is 4.90 Å². The lowest BCUT2D eigenvalue weighted by Crippen LogP contribution is -2.50. The molecule has 0 saturated carbocycles. The fraction of sp³-hybridized carbons (Fsp3) is 0.269. The van der Waals surface area contributed by atoms with Crippen molar-refractivity contribution < 1.29 is 14.6 Å². The maximum atomic E-state index is 13.0. The Morgan fingerprint density at radius 1 is 0.800 bits per heavy atom. The zero-order valence-corrected chi connectivity index (χ0v) is 17.4. The number of hydrogen-bond donors (Lipinski definition) is 1. The minimum absolute atomic E-state index is 0.276. The number of ether oxygens (including phenoxy) is 1. The van der Waals surface area contributed by atoms with Crippen LogP contribution in [0.4, 0.5) is 0 Å². The van der Waals surface area contributed by atoms with Crippen LogP contribution in [0, 0.1) is 0 Å². The van der Waals surface area contributed by atoms with Crippen LogP contribution in [-0.2, 0) is 29.0 Å². The molecule has 0 aliphatic carbocycles. The van der Waals surface area contributed by atoms with Gasteiger partial charge in [0.25, 0.3) is 0 Å². The molecule has 0 unspecified atom stereocenters. The Balaban J connectivity index is 1.90. The molecule has 0 aliphatic heterocycles. The maximum Gasteiger partial charge on any atom is 0.326 e. The normalized spacial score (nSPS) is 13.0. The molecule has 3 aromatic carbocycles. The molecule has 0 amide bonds. The summed E-state index contributed by atoms with van der Waals surface area (Å²) >= 11 is 0. The van der Waals surface area contributed by atoms with Gasteiger partial charge in [-0.25, -0.2) is 0 Å². The molecule has 3 rings (SSSR count). The number of nitrogens with zero attached hydrogens (tertiary/aromatic N) is 1. The number of carbonyl (C=O) groups is 1. The number of esters is 1. The van der Waals surface area contributed by atoms with Gasteiger partial charge < -0.3 is 9.84 Å². The molecule has 1 N–H and O–H groups in total. The average Bonchev–Trinajstić information content (AvgIpc) is 2.76. The van der Waals surface area contributed by atoms with E-state index >= 15 is 0 Å².